The number of likely N-dealkylation sites (N-methyl/N-ethyl adjacent to an activating group) is 1. The second-order valence-corrected chi connectivity index (χ2v) is 5.80. The molecule has 2 unspecified atom stereocenters. The number of likely N-dealkylation sites (tertiary alicyclic amines) is 1. The molecular formula is C18H22N2O. The molecule has 0 amide bonds. The Bertz CT molecular complexity index is 585. The van der Waals surface area contributed by atoms with Gasteiger partial charge < -0.3 is 15.4 Å². The standard InChI is InChI=1S/C18H22N2O/c1-20-11-10-18(21-16-9-5-8-15(19)12-16)17(13-20)14-6-3-2-4-7-14/h2-9,12,17-18H,10-11,13,19H2,1H3. The smallest absolute Gasteiger partial charge is 0.121 e. The molecule has 1 saturated heterocycles. The molecule has 0 bridgehead atoms. The fourth-order valence-electron chi connectivity index (χ4n) is 3.02. The van der Waals surface area contributed by atoms with E-state index in [2.05, 4.69) is 42.3 Å². The third-order valence-electron chi connectivity index (χ3n) is 4.13. The van der Waals surface area contributed by atoms with E-state index in [4.69, 9.17) is 10.5 Å². The van der Waals surface area contributed by atoms with Gasteiger partial charge in [-0.25, -0.2) is 0 Å². The molecule has 0 spiro atoms. The van der Waals surface area contributed by atoms with Crippen LogP contribution in [0.5, 0.6) is 5.75 Å². The summed E-state index contributed by atoms with van der Waals surface area (Å²) in [5.74, 6) is 1.26. The minimum atomic E-state index is 0.199. The Labute approximate surface area is 126 Å². The summed E-state index contributed by atoms with van der Waals surface area (Å²) >= 11 is 0. The molecule has 0 aromatic heterocycles. The molecule has 2 N–H and O–H groups in total. The van der Waals surface area contributed by atoms with Gasteiger partial charge in [0, 0.05) is 30.8 Å². The van der Waals surface area contributed by atoms with Gasteiger partial charge in [0.25, 0.3) is 0 Å². The van der Waals surface area contributed by atoms with Crippen LogP contribution < -0.4 is 10.5 Å². The summed E-state index contributed by atoms with van der Waals surface area (Å²) in [5, 5.41) is 0. The van der Waals surface area contributed by atoms with E-state index in [0.29, 0.717) is 5.92 Å². The monoisotopic (exact) mass is 282 g/mol. The minimum Gasteiger partial charge on any atom is -0.490 e. The summed E-state index contributed by atoms with van der Waals surface area (Å²) in [6.07, 6.45) is 1.23. The van der Waals surface area contributed by atoms with Crippen molar-refractivity contribution < 1.29 is 4.74 Å². The van der Waals surface area contributed by atoms with E-state index >= 15 is 0 Å². The largest absolute Gasteiger partial charge is 0.490 e. The molecule has 0 radical (unpaired) electrons. The first-order valence-corrected chi connectivity index (χ1v) is 7.48. The highest BCUT2D eigenvalue weighted by Crippen LogP contribution is 2.30. The number of hydrogen-bond donors (Lipinski definition) is 1. The lowest BCUT2D eigenvalue weighted by molar-refractivity contribution is 0.0903. The summed E-state index contributed by atoms with van der Waals surface area (Å²) in [5.41, 5.74) is 7.94. The highest BCUT2D eigenvalue weighted by Gasteiger charge is 2.30. The number of ether oxygens (including phenoxy) is 1. The van der Waals surface area contributed by atoms with Gasteiger partial charge in [-0.3, -0.25) is 0 Å². The fraction of sp³-hybridized carbons (Fsp3) is 0.333. The van der Waals surface area contributed by atoms with Crippen LogP contribution >= 0.6 is 0 Å². The zero-order chi connectivity index (χ0) is 14.7. The number of nitrogens with zero attached hydrogens (tertiary/aromatic N) is 1. The van der Waals surface area contributed by atoms with E-state index < -0.39 is 0 Å². The summed E-state index contributed by atoms with van der Waals surface area (Å²) in [7, 11) is 2.17. The van der Waals surface area contributed by atoms with Gasteiger partial charge in [-0.1, -0.05) is 36.4 Å². The van der Waals surface area contributed by atoms with Crippen molar-refractivity contribution in [3.05, 3.63) is 60.2 Å². The maximum absolute atomic E-state index is 6.24. The van der Waals surface area contributed by atoms with Gasteiger partial charge >= 0.3 is 0 Å². The molecule has 2 atom stereocenters. The highest BCUT2D eigenvalue weighted by atomic mass is 16.5. The van der Waals surface area contributed by atoms with E-state index in [9.17, 15) is 0 Å². The van der Waals surface area contributed by atoms with Gasteiger partial charge in [0.05, 0.1) is 0 Å². The summed E-state index contributed by atoms with van der Waals surface area (Å²) in [6.45, 7) is 2.09. The third-order valence-corrected chi connectivity index (χ3v) is 4.13. The molecule has 0 aliphatic carbocycles. The predicted octanol–water partition coefficient (Wildman–Crippen LogP) is 3.14. The van der Waals surface area contributed by atoms with Crippen LogP contribution in [0.3, 0.4) is 0 Å². The van der Waals surface area contributed by atoms with E-state index in [1.54, 1.807) is 0 Å². The Morgan fingerprint density at radius 1 is 1.10 bits per heavy atom. The molecule has 0 saturated carbocycles. The lowest BCUT2D eigenvalue weighted by atomic mass is 9.88. The topological polar surface area (TPSA) is 38.5 Å². The van der Waals surface area contributed by atoms with Crippen LogP contribution in [-0.2, 0) is 0 Å². The second kappa shape index (κ2) is 6.19. The summed E-state index contributed by atoms with van der Waals surface area (Å²) in [6, 6.07) is 18.4. The zero-order valence-electron chi connectivity index (χ0n) is 12.4. The molecule has 1 heterocycles. The number of nitrogen functional groups attached to an aromatic ring is 1. The zero-order valence-corrected chi connectivity index (χ0v) is 12.4. The third kappa shape index (κ3) is 3.37. The Kier molecular flexibility index (Phi) is 4.11. The number of rotatable bonds is 3. The second-order valence-electron chi connectivity index (χ2n) is 5.80. The van der Waals surface area contributed by atoms with Crippen molar-refractivity contribution in [2.45, 2.75) is 18.4 Å². The quantitative estimate of drug-likeness (QED) is 0.879. The van der Waals surface area contributed by atoms with Crippen molar-refractivity contribution in [2.24, 2.45) is 0 Å². The molecule has 2 aromatic carbocycles. The average Bonchev–Trinajstić information content (AvgIpc) is 2.50. The molecule has 1 aliphatic heterocycles. The van der Waals surface area contributed by atoms with Crippen LogP contribution in [0.4, 0.5) is 5.69 Å². The van der Waals surface area contributed by atoms with Gasteiger partial charge in [0.2, 0.25) is 0 Å². The van der Waals surface area contributed by atoms with Crippen molar-refractivity contribution in [1.82, 2.24) is 4.90 Å². The number of nitrogens with two attached hydrogens (primary N) is 1. The lowest BCUT2D eigenvalue weighted by Crippen LogP contribution is -2.42. The molecule has 1 aliphatic rings. The molecule has 21 heavy (non-hydrogen) atoms. The van der Waals surface area contributed by atoms with E-state index in [1.807, 2.05) is 24.3 Å². The van der Waals surface area contributed by atoms with Gasteiger partial charge in [0.1, 0.15) is 11.9 Å². The number of piperidine rings is 1. The molecule has 3 heteroatoms. The van der Waals surface area contributed by atoms with E-state index in [1.165, 1.54) is 5.56 Å². The van der Waals surface area contributed by atoms with Crippen LogP contribution in [0.25, 0.3) is 0 Å². The van der Waals surface area contributed by atoms with Crippen LogP contribution in [0.1, 0.15) is 17.9 Å². The Morgan fingerprint density at radius 2 is 1.90 bits per heavy atom. The first kappa shape index (κ1) is 14.0. The fourth-order valence-corrected chi connectivity index (χ4v) is 3.02. The van der Waals surface area contributed by atoms with Crippen LogP contribution in [-0.4, -0.2) is 31.1 Å². The first-order chi connectivity index (χ1) is 10.2. The van der Waals surface area contributed by atoms with Crippen LogP contribution in [0.15, 0.2) is 54.6 Å². The van der Waals surface area contributed by atoms with Crippen molar-refractivity contribution in [2.75, 3.05) is 25.9 Å². The van der Waals surface area contributed by atoms with Crippen molar-refractivity contribution in [3.8, 4) is 5.75 Å². The van der Waals surface area contributed by atoms with Crippen LogP contribution in [0.2, 0.25) is 0 Å². The van der Waals surface area contributed by atoms with Crippen LogP contribution in [0, 0.1) is 0 Å². The lowest BCUT2D eigenvalue weighted by Gasteiger charge is -2.37. The van der Waals surface area contributed by atoms with Gasteiger partial charge in [-0.05, 0) is 31.2 Å². The Hall–Kier alpha value is -2.00. The van der Waals surface area contributed by atoms with Crippen molar-refractivity contribution in [3.63, 3.8) is 0 Å². The minimum absolute atomic E-state index is 0.199. The Morgan fingerprint density at radius 3 is 2.67 bits per heavy atom. The molecule has 110 valence electrons. The molecule has 3 rings (SSSR count). The highest BCUT2D eigenvalue weighted by molar-refractivity contribution is 5.43. The number of benzene rings is 2. The maximum atomic E-state index is 6.24. The normalized spacial score (nSPS) is 22.9. The van der Waals surface area contributed by atoms with E-state index in [-0.39, 0.29) is 6.10 Å². The predicted molar refractivity (Wildman–Crippen MR) is 86.6 cm³/mol. The SMILES string of the molecule is CN1CCC(Oc2cccc(N)c2)C(c2ccccc2)C1. The molecular weight excluding hydrogens is 260 g/mol. The molecule has 2 aromatic rings. The molecule has 1 fully saturated rings. The van der Waals surface area contributed by atoms with Gasteiger partial charge in [-0.15, -0.1) is 0 Å². The van der Waals surface area contributed by atoms with Gasteiger partial charge in [-0.2, -0.15) is 0 Å². The average molecular weight is 282 g/mol. The number of hydrogen-bond acceptors (Lipinski definition) is 3. The van der Waals surface area contributed by atoms with E-state index in [0.717, 1.165) is 30.9 Å². The van der Waals surface area contributed by atoms with Crippen molar-refractivity contribution >= 4 is 5.69 Å². The summed E-state index contributed by atoms with van der Waals surface area (Å²) in [4.78, 5) is 2.37. The van der Waals surface area contributed by atoms with Crippen molar-refractivity contribution in [1.29, 1.82) is 0 Å². The number of anilines is 1. The Balaban J connectivity index is 1.81. The summed E-state index contributed by atoms with van der Waals surface area (Å²) < 4.78 is 6.24. The first-order valence-electron chi connectivity index (χ1n) is 7.48. The molecule has 3 nitrogen and oxygen atoms in total. The maximum Gasteiger partial charge on any atom is 0.121 e. The van der Waals surface area contributed by atoms with Gasteiger partial charge in [0.15, 0.2) is 0 Å².